The van der Waals surface area contributed by atoms with Crippen molar-refractivity contribution in [3.05, 3.63) is 52.7 Å². The van der Waals surface area contributed by atoms with Crippen molar-refractivity contribution in [1.29, 1.82) is 0 Å². The predicted octanol–water partition coefficient (Wildman–Crippen LogP) is 4.46. The number of aromatic nitrogens is 1. The van der Waals surface area contributed by atoms with Gasteiger partial charge in [-0.05, 0) is 37.3 Å². The largest absolute Gasteiger partial charge is 0.417 e. The standard InChI is InChI=1S/C16H15ClF3N3O/c1-3-23(11-6-4-10(17)5-7-11)15(24)12-9-22-14(21-2)8-13(12)16(18,19)20/h4-9H,3H2,1-2H3,(H,21,22). The van der Waals surface area contributed by atoms with Gasteiger partial charge < -0.3 is 10.2 Å². The summed E-state index contributed by atoms with van der Waals surface area (Å²) in [5.41, 5.74) is -1.07. The zero-order valence-corrected chi connectivity index (χ0v) is 13.7. The van der Waals surface area contributed by atoms with Crippen LogP contribution in [0.1, 0.15) is 22.8 Å². The summed E-state index contributed by atoms with van der Waals surface area (Å²) in [4.78, 5) is 17.7. The van der Waals surface area contributed by atoms with Gasteiger partial charge in [0.25, 0.3) is 5.91 Å². The number of nitrogens with zero attached hydrogens (tertiary/aromatic N) is 2. The van der Waals surface area contributed by atoms with Crippen molar-refractivity contribution in [1.82, 2.24) is 4.98 Å². The average Bonchev–Trinajstić information content (AvgIpc) is 2.55. The van der Waals surface area contributed by atoms with Crippen molar-refractivity contribution in [2.45, 2.75) is 13.1 Å². The van der Waals surface area contributed by atoms with E-state index in [1.54, 1.807) is 31.2 Å². The van der Waals surface area contributed by atoms with Crippen molar-refractivity contribution in [3.8, 4) is 0 Å². The summed E-state index contributed by atoms with van der Waals surface area (Å²) in [6, 6.07) is 7.11. The Morgan fingerprint density at radius 1 is 1.29 bits per heavy atom. The number of alkyl halides is 3. The van der Waals surface area contributed by atoms with Crippen LogP contribution in [0, 0.1) is 0 Å². The second-order valence-electron chi connectivity index (χ2n) is 4.89. The Hall–Kier alpha value is -2.28. The molecule has 0 atom stereocenters. The number of anilines is 2. The maximum Gasteiger partial charge on any atom is 0.417 e. The maximum atomic E-state index is 13.3. The number of carbonyl (C=O) groups excluding carboxylic acids is 1. The van der Waals surface area contributed by atoms with Crippen LogP contribution >= 0.6 is 11.6 Å². The topological polar surface area (TPSA) is 45.2 Å². The molecule has 8 heteroatoms. The number of hydrogen-bond donors (Lipinski definition) is 1. The molecule has 0 bridgehead atoms. The van der Waals surface area contributed by atoms with Gasteiger partial charge in [-0.3, -0.25) is 4.79 Å². The van der Waals surface area contributed by atoms with Crippen LogP contribution < -0.4 is 10.2 Å². The fourth-order valence-corrected chi connectivity index (χ4v) is 2.33. The van der Waals surface area contributed by atoms with Gasteiger partial charge in [0.15, 0.2) is 0 Å². The molecule has 1 aromatic heterocycles. The van der Waals surface area contributed by atoms with Crippen LogP contribution in [-0.2, 0) is 6.18 Å². The molecule has 24 heavy (non-hydrogen) atoms. The van der Waals surface area contributed by atoms with E-state index in [9.17, 15) is 18.0 Å². The molecule has 1 heterocycles. The lowest BCUT2D eigenvalue weighted by Gasteiger charge is -2.23. The SMILES string of the molecule is CCN(C(=O)c1cnc(NC)cc1C(F)(F)F)c1ccc(Cl)cc1. The molecule has 0 aliphatic carbocycles. The van der Waals surface area contributed by atoms with Gasteiger partial charge in [-0.25, -0.2) is 4.98 Å². The lowest BCUT2D eigenvalue weighted by Crippen LogP contribution is -2.32. The van der Waals surface area contributed by atoms with Gasteiger partial charge in [-0.15, -0.1) is 0 Å². The van der Waals surface area contributed by atoms with Gasteiger partial charge in [0, 0.05) is 30.5 Å². The minimum Gasteiger partial charge on any atom is -0.373 e. The lowest BCUT2D eigenvalue weighted by atomic mass is 10.1. The van der Waals surface area contributed by atoms with Gasteiger partial charge in [0.2, 0.25) is 0 Å². The van der Waals surface area contributed by atoms with Gasteiger partial charge in [-0.1, -0.05) is 11.6 Å². The first kappa shape index (κ1) is 18.1. The summed E-state index contributed by atoms with van der Waals surface area (Å²) >= 11 is 5.81. The Labute approximate surface area is 142 Å². The third-order valence-corrected chi connectivity index (χ3v) is 3.65. The third kappa shape index (κ3) is 3.79. The molecule has 0 saturated heterocycles. The molecule has 0 spiro atoms. The molecule has 0 saturated carbocycles. The van der Waals surface area contributed by atoms with Crippen LogP contribution in [0.25, 0.3) is 0 Å². The number of amides is 1. The zero-order valence-electron chi connectivity index (χ0n) is 13.0. The number of halogens is 4. The zero-order chi connectivity index (χ0) is 17.9. The maximum absolute atomic E-state index is 13.3. The van der Waals surface area contributed by atoms with E-state index in [0.717, 1.165) is 12.3 Å². The Morgan fingerprint density at radius 2 is 1.92 bits per heavy atom. The molecule has 0 radical (unpaired) electrons. The highest BCUT2D eigenvalue weighted by molar-refractivity contribution is 6.30. The molecule has 2 rings (SSSR count). The Kier molecular flexibility index (Phi) is 5.33. The van der Waals surface area contributed by atoms with Gasteiger partial charge in [0.05, 0.1) is 11.1 Å². The van der Waals surface area contributed by atoms with Crippen molar-refractivity contribution in [2.75, 3.05) is 23.8 Å². The van der Waals surface area contributed by atoms with E-state index in [4.69, 9.17) is 11.6 Å². The average molecular weight is 358 g/mol. The number of nitrogens with one attached hydrogen (secondary N) is 1. The van der Waals surface area contributed by atoms with Crippen LogP contribution in [-0.4, -0.2) is 24.5 Å². The molecule has 4 nitrogen and oxygen atoms in total. The molecule has 0 aliphatic rings. The van der Waals surface area contributed by atoms with Crippen LogP contribution in [0.4, 0.5) is 24.7 Å². The van der Waals surface area contributed by atoms with E-state index in [1.807, 2.05) is 0 Å². The summed E-state index contributed by atoms with van der Waals surface area (Å²) in [7, 11) is 1.45. The molecule has 128 valence electrons. The lowest BCUT2D eigenvalue weighted by molar-refractivity contribution is -0.137. The Morgan fingerprint density at radius 3 is 2.42 bits per heavy atom. The van der Waals surface area contributed by atoms with Crippen LogP contribution in [0.15, 0.2) is 36.5 Å². The van der Waals surface area contributed by atoms with Crippen LogP contribution in [0.5, 0.6) is 0 Å². The van der Waals surface area contributed by atoms with E-state index in [-0.39, 0.29) is 12.4 Å². The normalized spacial score (nSPS) is 11.2. The highest BCUT2D eigenvalue weighted by Gasteiger charge is 2.37. The summed E-state index contributed by atoms with van der Waals surface area (Å²) in [6.07, 6.45) is -3.73. The predicted molar refractivity (Wildman–Crippen MR) is 87.6 cm³/mol. The number of pyridine rings is 1. The minimum atomic E-state index is -4.67. The van der Waals surface area contributed by atoms with Gasteiger partial charge >= 0.3 is 6.18 Å². The molecule has 1 aromatic carbocycles. The second-order valence-corrected chi connectivity index (χ2v) is 5.33. The highest BCUT2D eigenvalue weighted by atomic mass is 35.5. The van der Waals surface area contributed by atoms with E-state index in [1.165, 1.54) is 11.9 Å². The van der Waals surface area contributed by atoms with E-state index in [2.05, 4.69) is 10.3 Å². The summed E-state index contributed by atoms with van der Waals surface area (Å²) in [6.45, 7) is 1.88. The van der Waals surface area contributed by atoms with Crippen molar-refractivity contribution >= 4 is 29.0 Å². The molecular formula is C16H15ClF3N3O. The molecule has 0 aliphatic heterocycles. The van der Waals surface area contributed by atoms with Crippen LogP contribution in [0.2, 0.25) is 5.02 Å². The summed E-state index contributed by atoms with van der Waals surface area (Å²) in [5.74, 6) is -0.740. The van der Waals surface area contributed by atoms with Crippen molar-refractivity contribution in [2.24, 2.45) is 0 Å². The monoisotopic (exact) mass is 357 g/mol. The second kappa shape index (κ2) is 7.09. The van der Waals surface area contributed by atoms with E-state index in [0.29, 0.717) is 10.7 Å². The quantitative estimate of drug-likeness (QED) is 0.878. The molecular weight excluding hydrogens is 343 g/mol. The highest BCUT2D eigenvalue weighted by Crippen LogP contribution is 2.34. The van der Waals surface area contributed by atoms with Crippen molar-refractivity contribution < 1.29 is 18.0 Å². The number of benzene rings is 1. The smallest absolute Gasteiger partial charge is 0.373 e. The van der Waals surface area contributed by atoms with Gasteiger partial charge in [-0.2, -0.15) is 13.2 Å². The Bertz CT molecular complexity index is 732. The van der Waals surface area contributed by atoms with E-state index < -0.39 is 23.2 Å². The fourth-order valence-electron chi connectivity index (χ4n) is 2.21. The fraction of sp³-hybridized carbons (Fsp3) is 0.250. The molecule has 1 N–H and O–H groups in total. The number of carbonyl (C=O) groups is 1. The van der Waals surface area contributed by atoms with Gasteiger partial charge in [0.1, 0.15) is 5.82 Å². The first-order valence-corrected chi connectivity index (χ1v) is 7.48. The minimum absolute atomic E-state index is 0.0356. The third-order valence-electron chi connectivity index (χ3n) is 3.40. The summed E-state index contributed by atoms with van der Waals surface area (Å²) < 4.78 is 39.9. The molecule has 1 amide bonds. The van der Waals surface area contributed by atoms with Crippen molar-refractivity contribution in [3.63, 3.8) is 0 Å². The number of rotatable bonds is 4. The first-order valence-electron chi connectivity index (χ1n) is 7.10. The molecule has 0 fully saturated rings. The Balaban J connectivity index is 2.49. The molecule has 2 aromatic rings. The first-order chi connectivity index (χ1) is 11.3. The summed E-state index contributed by atoms with van der Waals surface area (Å²) in [5, 5.41) is 3.01. The van der Waals surface area contributed by atoms with Crippen LogP contribution in [0.3, 0.4) is 0 Å². The number of hydrogen-bond acceptors (Lipinski definition) is 3. The van der Waals surface area contributed by atoms with E-state index >= 15 is 0 Å². The molecule has 0 unspecified atom stereocenters.